The Labute approximate surface area is 107 Å². The molecule has 1 heterocycles. The van der Waals surface area contributed by atoms with E-state index in [9.17, 15) is 4.79 Å². The first kappa shape index (κ1) is 12.6. The van der Waals surface area contributed by atoms with E-state index in [1.807, 2.05) is 24.3 Å². The second-order valence-corrected chi connectivity index (χ2v) is 4.43. The lowest BCUT2D eigenvalue weighted by Gasteiger charge is -2.15. The molecule has 0 N–H and O–H groups in total. The van der Waals surface area contributed by atoms with E-state index in [1.165, 1.54) is 0 Å². The van der Waals surface area contributed by atoms with Crippen LogP contribution in [0.25, 0.3) is 6.08 Å². The highest BCUT2D eigenvalue weighted by Gasteiger charge is 2.48. The number of esters is 1. The standard InChI is InChI=1S/C15H16O3/c1-4-12-7-5-6-8-13(12)15(10-18-15)9-17-14(16)11(2)3/h4-8H,1-2,9-10H2,3H3. The zero-order chi connectivity index (χ0) is 13.2. The Morgan fingerprint density at radius 2 is 2.22 bits per heavy atom. The van der Waals surface area contributed by atoms with E-state index in [-0.39, 0.29) is 12.6 Å². The van der Waals surface area contributed by atoms with Gasteiger partial charge in [-0.05, 0) is 18.1 Å². The first-order chi connectivity index (χ1) is 8.59. The second kappa shape index (κ2) is 4.78. The van der Waals surface area contributed by atoms with Gasteiger partial charge in [-0.3, -0.25) is 0 Å². The maximum Gasteiger partial charge on any atom is 0.333 e. The summed E-state index contributed by atoms with van der Waals surface area (Å²) in [4.78, 5) is 11.4. The summed E-state index contributed by atoms with van der Waals surface area (Å²) in [6, 6.07) is 7.81. The Hall–Kier alpha value is -1.87. The zero-order valence-corrected chi connectivity index (χ0v) is 10.4. The van der Waals surface area contributed by atoms with Gasteiger partial charge in [-0.2, -0.15) is 0 Å². The fourth-order valence-electron chi connectivity index (χ4n) is 1.80. The van der Waals surface area contributed by atoms with Crippen LogP contribution in [0.4, 0.5) is 0 Å². The van der Waals surface area contributed by atoms with E-state index >= 15 is 0 Å². The molecule has 18 heavy (non-hydrogen) atoms. The average Bonchev–Trinajstić information content (AvgIpc) is 3.17. The second-order valence-electron chi connectivity index (χ2n) is 4.43. The van der Waals surface area contributed by atoms with Gasteiger partial charge in [0.25, 0.3) is 0 Å². The molecule has 0 aliphatic carbocycles. The molecule has 0 saturated carbocycles. The molecular weight excluding hydrogens is 228 g/mol. The maximum absolute atomic E-state index is 11.4. The molecule has 1 saturated heterocycles. The number of hydrogen-bond donors (Lipinski definition) is 0. The molecule has 0 bridgehead atoms. The molecule has 2 rings (SSSR count). The van der Waals surface area contributed by atoms with Crippen LogP contribution in [-0.4, -0.2) is 19.2 Å². The van der Waals surface area contributed by atoms with Crippen LogP contribution in [0.15, 0.2) is 43.0 Å². The molecule has 0 aromatic heterocycles. The van der Waals surface area contributed by atoms with Crippen molar-refractivity contribution in [2.24, 2.45) is 0 Å². The Morgan fingerprint density at radius 1 is 1.56 bits per heavy atom. The Morgan fingerprint density at radius 3 is 2.78 bits per heavy atom. The summed E-state index contributed by atoms with van der Waals surface area (Å²) in [7, 11) is 0. The van der Waals surface area contributed by atoms with E-state index in [4.69, 9.17) is 9.47 Å². The van der Waals surface area contributed by atoms with Gasteiger partial charge in [0.1, 0.15) is 6.61 Å². The summed E-state index contributed by atoms with van der Waals surface area (Å²) in [6.45, 7) is 9.72. The van der Waals surface area contributed by atoms with Crippen LogP contribution in [0, 0.1) is 0 Å². The summed E-state index contributed by atoms with van der Waals surface area (Å²) >= 11 is 0. The topological polar surface area (TPSA) is 38.8 Å². The minimum atomic E-state index is -0.504. The molecule has 0 spiro atoms. The van der Waals surface area contributed by atoms with Crippen LogP contribution in [0.5, 0.6) is 0 Å². The van der Waals surface area contributed by atoms with Crippen molar-refractivity contribution in [3.8, 4) is 0 Å². The van der Waals surface area contributed by atoms with Crippen molar-refractivity contribution in [1.82, 2.24) is 0 Å². The SMILES string of the molecule is C=Cc1ccccc1C1(COC(=O)C(=C)C)CO1. The van der Waals surface area contributed by atoms with Crippen molar-refractivity contribution in [2.75, 3.05) is 13.2 Å². The number of rotatable bonds is 5. The van der Waals surface area contributed by atoms with Gasteiger partial charge in [-0.1, -0.05) is 43.5 Å². The van der Waals surface area contributed by atoms with Gasteiger partial charge in [0.05, 0.1) is 6.61 Å². The Kier molecular flexibility index (Phi) is 3.34. The van der Waals surface area contributed by atoms with Crippen molar-refractivity contribution in [3.63, 3.8) is 0 Å². The number of carbonyl (C=O) groups excluding carboxylic acids is 1. The Bertz CT molecular complexity index is 498. The van der Waals surface area contributed by atoms with Crippen molar-refractivity contribution < 1.29 is 14.3 Å². The summed E-state index contributed by atoms with van der Waals surface area (Å²) in [6.07, 6.45) is 1.78. The molecule has 1 aromatic carbocycles. The fourth-order valence-corrected chi connectivity index (χ4v) is 1.80. The van der Waals surface area contributed by atoms with E-state index in [0.29, 0.717) is 12.2 Å². The average molecular weight is 244 g/mol. The molecule has 1 unspecified atom stereocenters. The molecule has 1 aliphatic heterocycles. The van der Waals surface area contributed by atoms with Crippen LogP contribution < -0.4 is 0 Å². The minimum Gasteiger partial charge on any atom is -0.459 e. The van der Waals surface area contributed by atoms with Gasteiger partial charge in [-0.15, -0.1) is 0 Å². The van der Waals surface area contributed by atoms with Crippen LogP contribution in [0.3, 0.4) is 0 Å². The van der Waals surface area contributed by atoms with Crippen LogP contribution in [-0.2, 0) is 19.9 Å². The van der Waals surface area contributed by atoms with Crippen molar-refractivity contribution >= 4 is 12.0 Å². The lowest BCUT2D eigenvalue weighted by atomic mass is 9.95. The van der Waals surface area contributed by atoms with E-state index in [0.717, 1.165) is 11.1 Å². The summed E-state index contributed by atoms with van der Waals surface area (Å²) in [5, 5.41) is 0. The monoisotopic (exact) mass is 244 g/mol. The molecule has 1 atom stereocenters. The first-order valence-electron chi connectivity index (χ1n) is 5.77. The molecule has 0 amide bonds. The number of carbonyl (C=O) groups is 1. The molecule has 1 aliphatic rings. The maximum atomic E-state index is 11.4. The lowest BCUT2D eigenvalue weighted by Crippen LogP contribution is -2.21. The summed E-state index contributed by atoms with van der Waals surface area (Å²) < 4.78 is 10.7. The van der Waals surface area contributed by atoms with E-state index in [1.54, 1.807) is 13.0 Å². The van der Waals surface area contributed by atoms with Crippen LogP contribution >= 0.6 is 0 Å². The van der Waals surface area contributed by atoms with Gasteiger partial charge in [0, 0.05) is 5.57 Å². The van der Waals surface area contributed by atoms with Crippen molar-refractivity contribution in [2.45, 2.75) is 12.5 Å². The largest absolute Gasteiger partial charge is 0.459 e. The van der Waals surface area contributed by atoms with Crippen molar-refractivity contribution in [1.29, 1.82) is 0 Å². The van der Waals surface area contributed by atoms with E-state index < -0.39 is 5.60 Å². The lowest BCUT2D eigenvalue weighted by molar-refractivity contribution is -0.140. The smallest absolute Gasteiger partial charge is 0.333 e. The highest BCUT2D eigenvalue weighted by molar-refractivity contribution is 5.87. The number of benzene rings is 1. The molecule has 1 fully saturated rings. The van der Waals surface area contributed by atoms with E-state index in [2.05, 4.69) is 13.2 Å². The van der Waals surface area contributed by atoms with Crippen molar-refractivity contribution in [3.05, 3.63) is 54.1 Å². The summed E-state index contributed by atoms with van der Waals surface area (Å²) in [5.74, 6) is -0.388. The number of epoxide rings is 1. The predicted molar refractivity (Wildman–Crippen MR) is 69.9 cm³/mol. The van der Waals surface area contributed by atoms with Crippen LogP contribution in [0.1, 0.15) is 18.1 Å². The fraction of sp³-hybridized carbons (Fsp3) is 0.267. The molecular formula is C15H16O3. The van der Waals surface area contributed by atoms with Crippen LogP contribution in [0.2, 0.25) is 0 Å². The highest BCUT2D eigenvalue weighted by Crippen LogP contribution is 2.41. The molecule has 94 valence electrons. The molecule has 0 radical (unpaired) electrons. The van der Waals surface area contributed by atoms with Gasteiger partial charge in [0.15, 0.2) is 5.60 Å². The molecule has 1 aromatic rings. The Balaban J connectivity index is 2.14. The zero-order valence-electron chi connectivity index (χ0n) is 10.4. The van der Waals surface area contributed by atoms with Gasteiger partial charge >= 0.3 is 5.97 Å². The highest BCUT2D eigenvalue weighted by atomic mass is 16.6. The third-order valence-electron chi connectivity index (χ3n) is 2.95. The molecule has 3 nitrogen and oxygen atoms in total. The quantitative estimate of drug-likeness (QED) is 0.454. The number of ether oxygens (including phenoxy) is 2. The summed E-state index contributed by atoms with van der Waals surface area (Å²) in [5.41, 5.74) is 1.90. The third-order valence-corrected chi connectivity index (χ3v) is 2.95. The predicted octanol–water partition coefficient (Wildman–Crippen LogP) is 2.67. The normalized spacial score (nSPS) is 21.2. The van der Waals surface area contributed by atoms with Gasteiger partial charge < -0.3 is 9.47 Å². The van der Waals surface area contributed by atoms with Gasteiger partial charge in [-0.25, -0.2) is 4.79 Å². The first-order valence-corrected chi connectivity index (χ1v) is 5.77. The minimum absolute atomic E-state index is 0.212. The third kappa shape index (κ3) is 2.36. The van der Waals surface area contributed by atoms with Gasteiger partial charge in [0.2, 0.25) is 0 Å². The molecule has 3 heteroatoms. The number of hydrogen-bond acceptors (Lipinski definition) is 3.